The second-order valence-corrected chi connectivity index (χ2v) is 3.97. The smallest absolute Gasteiger partial charge is 0.257 e. The monoisotopic (exact) mass is 244 g/mol. The van der Waals surface area contributed by atoms with Crippen LogP contribution in [0.3, 0.4) is 0 Å². The Morgan fingerprint density at radius 1 is 1.17 bits per heavy atom. The number of aryl methyl sites for hydroxylation is 1. The van der Waals surface area contributed by atoms with Crippen molar-refractivity contribution in [2.24, 2.45) is 0 Å². The van der Waals surface area contributed by atoms with Crippen molar-refractivity contribution in [1.82, 2.24) is 0 Å². The number of hydrogen-bond donors (Lipinski definition) is 2. The maximum atomic E-state index is 13.3. The third-order valence-corrected chi connectivity index (χ3v) is 2.69. The third kappa shape index (κ3) is 2.32. The molecule has 0 atom stereocenters. The molecule has 0 bridgehead atoms. The van der Waals surface area contributed by atoms with E-state index in [2.05, 4.69) is 5.32 Å². The van der Waals surface area contributed by atoms with Gasteiger partial charge in [-0.3, -0.25) is 4.79 Å². The lowest BCUT2D eigenvalue weighted by Crippen LogP contribution is -2.15. The summed E-state index contributed by atoms with van der Waals surface area (Å²) >= 11 is 0. The molecule has 2 aromatic carbocycles. The van der Waals surface area contributed by atoms with Crippen LogP contribution in [-0.4, -0.2) is 5.91 Å². The summed E-state index contributed by atoms with van der Waals surface area (Å²) in [6, 6.07) is 11.5. The van der Waals surface area contributed by atoms with Crippen LogP contribution in [-0.2, 0) is 0 Å². The largest absolute Gasteiger partial charge is 0.396 e. The van der Waals surface area contributed by atoms with Crippen LogP contribution >= 0.6 is 0 Å². The Labute approximate surface area is 104 Å². The van der Waals surface area contributed by atoms with Crippen molar-refractivity contribution < 1.29 is 9.18 Å². The molecule has 0 heterocycles. The highest BCUT2D eigenvalue weighted by molar-refractivity contribution is 6.08. The summed E-state index contributed by atoms with van der Waals surface area (Å²) in [6.45, 7) is 1.88. The van der Waals surface area contributed by atoms with E-state index < -0.39 is 11.7 Å². The van der Waals surface area contributed by atoms with Crippen LogP contribution < -0.4 is 11.1 Å². The lowest BCUT2D eigenvalue weighted by atomic mass is 10.1. The second kappa shape index (κ2) is 4.87. The van der Waals surface area contributed by atoms with Gasteiger partial charge in [0.15, 0.2) is 0 Å². The minimum Gasteiger partial charge on any atom is -0.396 e. The number of halogens is 1. The van der Waals surface area contributed by atoms with Crippen LogP contribution in [0.4, 0.5) is 15.8 Å². The number of rotatable bonds is 2. The average molecular weight is 244 g/mol. The number of nitrogen functional groups attached to an aromatic ring is 1. The summed E-state index contributed by atoms with van der Waals surface area (Å²) in [5, 5.41) is 2.71. The SMILES string of the molecule is Cc1ccccc1NC(=O)c1cccc(F)c1N. The lowest BCUT2D eigenvalue weighted by molar-refractivity contribution is 0.102. The molecule has 2 aromatic rings. The highest BCUT2D eigenvalue weighted by Gasteiger charge is 2.13. The summed E-state index contributed by atoms with van der Waals surface area (Å²) in [5.41, 5.74) is 7.16. The van der Waals surface area contributed by atoms with Gasteiger partial charge in [0, 0.05) is 5.69 Å². The van der Waals surface area contributed by atoms with Crippen LogP contribution in [0.25, 0.3) is 0 Å². The van der Waals surface area contributed by atoms with E-state index in [-0.39, 0.29) is 11.3 Å². The Morgan fingerprint density at radius 3 is 2.61 bits per heavy atom. The third-order valence-electron chi connectivity index (χ3n) is 2.69. The molecule has 4 heteroatoms. The molecule has 0 radical (unpaired) electrons. The first-order valence-electron chi connectivity index (χ1n) is 5.50. The highest BCUT2D eigenvalue weighted by Crippen LogP contribution is 2.19. The van der Waals surface area contributed by atoms with E-state index in [1.807, 2.05) is 25.1 Å². The van der Waals surface area contributed by atoms with Crippen molar-refractivity contribution in [3.8, 4) is 0 Å². The molecule has 0 saturated heterocycles. The number of hydrogen-bond acceptors (Lipinski definition) is 2. The van der Waals surface area contributed by atoms with Crippen molar-refractivity contribution in [3.63, 3.8) is 0 Å². The molecule has 0 unspecified atom stereocenters. The van der Waals surface area contributed by atoms with Crippen LogP contribution in [0.1, 0.15) is 15.9 Å². The zero-order valence-electron chi connectivity index (χ0n) is 9.91. The Balaban J connectivity index is 2.28. The van der Waals surface area contributed by atoms with Gasteiger partial charge in [0.1, 0.15) is 5.82 Å². The van der Waals surface area contributed by atoms with E-state index >= 15 is 0 Å². The number of amides is 1. The first kappa shape index (κ1) is 12.1. The summed E-state index contributed by atoms with van der Waals surface area (Å²) < 4.78 is 13.3. The maximum absolute atomic E-state index is 13.3. The van der Waals surface area contributed by atoms with Gasteiger partial charge in [0.05, 0.1) is 11.3 Å². The predicted octanol–water partition coefficient (Wildman–Crippen LogP) is 2.97. The average Bonchev–Trinajstić information content (AvgIpc) is 2.35. The minimum atomic E-state index is -0.590. The normalized spacial score (nSPS) is 10.1. The highest BCUT2D eigenvalue weighted by atomic mass is 19.1. The number of nitrogens with two attached hydrogens (primary N) is 1. The molecule has 0 saturated carbocycles. The molecule has 2 rings (SSSR count). The van der Waals surface area contributed by atoms with Gasteiger partial charge >= 0.3 is 0 Å². The summed E-state index contributed by atoms with van der Waals surface area (Å²) in [4.78, 5) is 12.0. The second-order valence-electron chi connectivity index (χ2n) is 3.97. The summed E-state index contributed by atoms with van der Waals surface area (Å²) in [5.74, 6) is -1.01. The topological polar surface area (TPSA) is 55.1 Å². The fraction of sp³-hybridized carbons (Fsp3) is 0.0714. The fourth-order valence-electron chi connectivity index (χ4n) is 1.64. The Morgan fingerprint density at radius 2 is 1.89 bits per heavy atom. The van der Waals surface area contributed by atoms with E-state index in [0.29, 0.717) is 5.69 Å². The number of para-hydroxylation sites is 2. The molecule has 3 nitrogen and oxygen atoms in total. The van der Waals surface area contributed by atoms with Gasteiger partial charge in [0.2, 0.25) is 0 Å². The van der Waals surface area contributed by atoms with E-state index in [4.69, 9.17) is 5.73 Å². The standard InChI is InChI=1S/C14H13FN2O/c1-9-5-2-3-8-12(9)17-14(18)10-6-4-7-11(15)13(10)16/h2-8H,16H2,1H3,(H,17,18). The summed E-state index contributed by atoms with van der Waals surface area (Å²) in [6.07, 6.45) is 0. The fourth-order valence-corrected chi connectivity index (χ4v) is 1.64. The van der Waals surface area contributed by atoms with E-state index in [0.717, 1.165) is 5.56 Å². The van der Waals surface area contributed by atoms with Crippen molar-refractivity contribution in [3.05, 3.63) is 59.4 Å². The number of benzene rings is 2. The van der Waals surface area contributed by atoms with Crippen LogP contribution in [0.15, 0.2) is 42.5 Å². The van der Waals surface area contributed by atoms with Crippen molar-refractivity contribution in [2.45, 2.75) is 6.92 Å². The van der Waals surface area contributed by atoms with Gasteiger partial charge in [0.25, 0.3) is 5.91 Å². The van der Waals surface area contributed by atoms with Crippen molar-refractivity contribution in [1.29, 1.82) is 0 Å². The molecule has 18 heavy (non-hydrogen) atoms. The molecular formula is C14H13FN2O. The first-order chi connectivity index (χ1) is 8.59. The van der Waals surface area contributed by atoms with E-state index in [1.165, 1.54) is 18.2 Å². The van der Waals surface area contributed by atoms with Gasteiger partial charge in [-0.2, -0.15) is 0 Å². The molecule has 1 amide bonds. The summed E-state index contributed by atoms with van der Waals surface area (Å²) in [7, 11) is 0. The van der Waals surface area contributed by atoms with Crippen molar-refractivity contribution >= 4 is 17.3 Å². The quantitative estimate of drug-likeness (QED) is 0.798. The molecule has 0 aliphatic heterocycles. The van der Waals surface area contributed by atoms with E-state index in [9.17, 15) is 9.18 Å². The van der Waals surface area contributed by atoms with Crippen LogP contribution in [0, 0.1) is 12.7 Å². The number of nitrogens with one attached hydrogen (secondary N) is 1. The molecule has 0 aromatic heterocycles. The minimum absolute atomic E-state index is 0.136. The molecule has 0 fully saturated rings. The molecule has 0 aliphatic carbocycles. The Hall–Kier alpha value is -2.36. The molecule has 0 spiro atoms. The number of carbonyl (C=O) groups excluding carboxylic acids is 1. The van der Waals surface area contributed by atoms with Gasteiger partial charge in [-0.25, -0.2) is 4.39 Å². The molecular weight excluding hydrogens is 231 g/mol. The van der Waals surface area contributed by atoms with Gasteiger partial charge < -0.3 is 11.1 Å². The van der Waals surface area contributed by atoms with Crippen LogP contribution in [0.5, 0.6) is 0 Å². The first-order valence-corrected chi connectivity index (χ1v) is 5.50. The lowest BCUT2D eigenvalue weighted by Gasteiger charge is -2.09. The predicted molar refractivity (Wildman–Crippen MR) is 69.9 cm³/mol. The Kier molecular flexibility index (Phi) is 3.28. The van der Waals surface area contributed by atoms with Crippen LogP contribution in [0.2, 0.25) is 0 Å². The zero-order chi connectivity index (χ0) is 13.1. The van der Waals surface area contributed by atoms with Gasteiger partial charge in [-0.1, -0.05) is 24.3 Å². The number of carbonyl (C=O) groups is 1. The maximum Gasteiger partial charge on any atom is 0.257 e. The number of anilines is 2. The molecule has 3 N–H and O–H groups in total. The van der Waals surface area contributed by atoms with Crippen molar-refractivity contribution in [2.75, 3.05) is 11.1 Å². The van der Waals surface area contributed by atoms with Gasteiger partial charge in [-0.15, -0.1) is 0 Å². The molecule has 0 aliphatic rings. The van der Waals surface area contributed by atoms with E-state index in [1.54, 1.807) is 6.07 Å². The zero-order valence-corrected chi connectivity index (χ0v) is 9.91. The Bertz CT molecular complexity index is 596. The van der Waals surface area contributed by atoms with Gasteiger partial charge in [-0.05, 0) is 30.7 Å². The molecule has 92 valence electrons.